The Labute approximate surface area is 144 Å². The lowest BCUT2D eigenvalue weighted by Crippen LogP contribution is -2.22. The van der Waals surface area contributed by atoms with Crippen LogP contribution in [0.25, 0.3) is 0 Å². The number of nitrogens with one attached hydrogen (secondary N) is 1. The summed E-state index contributed by atoms with van der Waals surface area (Å²) in [5, 5.41) is 2.92. The van der Waals surface area contributed by atoms with Crippen molar-refractivity contribution in [2.75, 3.05) is 30.4 Å². The van der Waals surface area contributed by atoms with Crippen LogP contribution in [-0.2, 0) is 4.74 Å². The quantitative estimate of drug-likeness (QED) is 0.881. The Morgan fingerprint density at radius 2 is 2.04 bits per heavy atom. The van der Waals surface area contributed by atoms with Gasteiger partial charge in [-0.25, -0.2) is 0 Å². The topological polar surface area (TPSA) is 41.6 Å². The molecule has 0 spiro atoms. The molecule has 0 aromatic heterocycles. The molecule has 1 amide bonds. The normalized spacial score (nSPS) is 17.3. The van der Waals surface area contributed by atoms with Gasteiger partial charge in [0, 0.05) is 41.6 Å². The molecule has 0 bridgehead atoms. The fraction of sp³-hybridized carbons (Fsp3) is 0.278. The van der Waals surface area contributed by atoms with Crippen molar-refractivity contribution in [3.8, 4) is 0 Å². The third kappa shape index (κ3) is 3.92. The number of rotatable bonds is 4. The molecule has 0 aliphatic carbocycles. The molecule has 120 valence electrons. The van der Waals surface area contributed by atoms with Crippen molar-refractivity contribution in [3.63, 3.8) is 0 Å². The predicted octanol–water partition coefficient (Wildman–Crippen LogP) is 3.93. The molecule has 1 saturated heterocycles. The summed E-state index contributed by atoms with van der Waals surface area (Å²) in [6.45, 7) is 1.92. The average Bonchev–Trinajstić information content (AvgIpc) is 3.04. The maximum absolute atomic E-state index is 12.2. The van der Waals surface area contributed by atoms with Crippen LogP contribution in [0.4, 0.5) is 11.4 Å². The van der Waals surface area contributed by atoms with Crippen LogP contribution in [0.5, 0.6) is 0 Å². The number of carbonyl (C=O) groups is 1. The largest absolute Gasteiger partial charge is 0.380 e. The highest BCUT2D eigenvalue weighted by molar-refractivity contribution is 9.10. The van der Waals surface area contributed by atoms with Crippen LogP contribution in [0.3, 0.4) is 0 Å². The highest BCUT2D eigenvalue weighted by Gasteiger charge is 2.22. The van der Waals surface area contributed by atoms with E-state index in [9.17, 15) is 4.79 Å². The van der Waals surface area contributed by atoms with Crippen LogP contribution < -0.4 is 10.2 Å². The Morgan fingerprint density at radius 1 is 1.26 bits per heavy atom. The lowest BCUT2D eigenvalue weighted by molar-refractivity contribution is 0.102. The van der Waals surface area contributed by atoms with E-state index in [0.717, 1.165) is 35.4 Å². The van der Waals surface area contributed by atoms with Gasteiger partial charge < -0.3 is 15.0 Å². The van der Waals surface area contributed by atoms with Gasteiger partial charge in [0.15, 0.2) is 0 Å². The maximum Gasteiger partial charge on any atom is 0.255 e. The first-order valence-electron chi connectivity index (χ1n) is 7.60. The predicted molar refractivity (Wildman–Crippen MR) is 96.2 cm³/mol. The second-order valence-electron chi connectivity index (χ2n) is 5.60. The molecule has 2 aromatic rings. The van der Waals surface area contributed by atoms with Crippen molar-refractivity contribution in [2.45, 2.75) is 12.5 Å². The van der Waals surface area contributed by atoms with Crippen LogP contribution >= 0.6 is 15.9 Å². The average molecular weight is 375 g/mol. The van der Waals surface area contributed by atoms with Gasteiger partial charge in [0.1, 0.15) is 0 Å². The fourth-order valence-electron chi connectivity index (χ4n) is 2.74. The van der Waals surface area contributed by atoms with Gasteiger partial charge in [-0.3, -0.25) is 4.79 Å². The van der Waals surface area contributed by atoms with Crippen LogP contribution in [-0.4, -0.2) is 32.2 Å². The van der Waals surface area contributed by atoms with Gasteiger partial charge in [0.05, 0.1) is 6.10 Å². The Kier molecular flexibility index (Phi) is 4.98. The summed E-state index contributed by atoms with van der Waals surface area (Å²) < 4.78 is 6.29. The van der Waals surface area contributed by atoms with Crippen LogP contribution in [0.15, 0.2) is 53.0 Å². The van der Waals surface area contributed by atoms with Crippen molar-refractivity contribution >= 4 is 33.2 Å². The number of methoxy groups -OCH3 is 1. The maximum atomic E-state index is 12.2. The zero-order chi connectivity index (χ0) is 16.2. The Hall–Kier alpha value is -1.85. The van der Waals surface area contributed by atoms with Crippen LogP contribution in [0, 0.1) is 0 Å². The van der Waals surface area contributed by atoms with E-state index in [1.54, 1.807) is 19.2 Å². The number of hydrogen-bond acceptors (Lipinski definition) is 3. The van der Waals surface area contributed by atoms with E-state index in [4.69, 9.17) is 4.74 Å². The molecule has 0 radical (unpaired) electrons. The SMILES string of the molecule is COC1CCN(c2ccc(NC(=O)c3cccc(Br)c3)cc2)C1. The molecule has 4 nitrogen and oxygen atoms in total. The standard InChI is InChI=1S/C18H19BrN2O2/c1-23-17-9-10-21(12-17)16-7-5-15(6-8-16)20-18(22)13-3-2-4-14(19)11-13/h2-8,11,17H,9-10,12H2,1H3,(H,20,22). The summed E-state index contributed by atoms with van der Waals surface area (Å²) in [6.07, 6.45) is 1.36. The highest BCUT2D eigenvalue weighted by atomic mass is 79.9. The van der Waals surface area contributed by atoms with E-state index >= 15 is 0 Å². The summed E-state index contributed by atoms with van der Waals surface area (Å²) in [6, 6.07) is 15.3. The van der Waals surface area contributed by atoms with Crippen LogP contribution in [0.1, 0.15) is 16.8 Å². The molecule has 5 heteroatoms. The minimum atomic E-state index is -0.111. The molecule has 3 rings (SSSR count). The van der Waals surface area contributed by atoms with Crippen molar-refractivity contribution in [1.29, 1.82) is 0 Å². The van der Waals surface area contributed by atoms with E-state index < -0.39 is 0 Å². The van der Waals surface area contributed by atoms with E-state index in [1.165, 1.54) is 0 Å². The molecule has 1 aliphatic rings. The molecule has 1 unspecified atom stereocenters. The summed E-state index contributed by atoms with van der Waals surface area (Å²) in [5.41, 5.74) is 2.58. The molecule has 23 heavy (non-hydrogen) atoms. The van der Waals surface area contributed by atoms with Gasteiger partial charge in [-0.1, -0.05) is 22.0 Å². The zero-order valence-electron chi connectivity index (χ0n) is 13.0. The van der Waals surface area contributed by atoms with Gasteiger partial charge in [-0.05, 0) is 48.9 Å². The van der Waals surface area contributed by atoms with Crippen LogP contribution in [0.2, 0.25) is 0 Å². The molecular formula is C18H19BrN2O2. The van der Waals surface area contributed by atoms with Gasteiger partial charge >= 0.3 is 0 Å². The van der Waals surface area contributed by atoms with E-state index in [2.05, 4.69) is 26.1 Å². The molecular weight excluding hydrogens is 356 g/mol. The number of hydrogen-bond donors (Lipinski definition) is 1. The molecule has 2 aromatic carbocycles. The van der Waals surface area contributed by atoms with Crippen molar-refractivity contribution in [3.05, 3.63) is 58.6 Å². The Bertz CT molecular complexity index is 688. The third-order valence-electron chi connectivity index (χ3n) is 4.06. The minimum absolute atomic E-state index is 0.111. The monoisotopic (exact) mass is 374 g/mol. The van der Waals surface area contributed by atoms with E-state index in [1.807, 2.05) is 36.4 Å². The highest BCUT2D eigenvalue weighted by Crippen LogP contribution is 2.23. The summed E-state index contributed by atoms with van der Waals surface area (Å²) in [4.78, 5) is 14.5. The van der Waals surface area contributed by atoms with Crippen molar-refractivity contribution in [1.82, 2.24) is 0 Å². The first kappa shape index (κ1) is 16.0. The number of ether oxygens (including phenoxy) is 1. The zero-order valence-corrected chi connectivity index (χ0v) is 14.5. The number of nitrogens with zero attached hydrogens (tertiary/aromatic N) is 1. The number of carbonyl (C=O) groups excluding carboxylic acids is 1. The minimum Gasteiger partial charge on any atom is -0.380 e. The van der Waals surface area contributed by atoms with Gasteiger partial charge in [-0.2, -0.15) is 0 Å². The number of anilines is 2. The lowest BCUT2D eigenvalue weighted by atomic mass is 10.2. The molecule has 1 N–H and O–H groups in total. The van der Waals surface area contributed by atoms with Gasteiger partial charge in [0.2, 0.25) is 0 Å². The summed E-state index contributed by atoms with van der Waals surface area (Å²) in [5.74, 6) is -0.111. The lowest BCUT2D eigenvalue weighted by Gasteiger charge is -2.18. The Balaban J connectivity index is 1.65. The molecule has 1 fully saturated rings. The molecule has 0 saturated carbocycles. The van der Waals surface area contributed by atoms with E-state index in [0.29, 0.717) is 11.7 Å². The van der Waals surface area contributed by atoms with Gasteiger partial charge in [0.25, 0.3) is 5.91 Å². The number of amides is 1. The smallest absolute Gasteiger partial charge is 0.255 e. The third-order valence-corrected chi connectivity index (χ3v) is 4.55. The van der Waals surface area contributed by atoms with Gasteiger partial charge in [-0.15, -0.1) is 0 Å². The van der Waals surface area contributed by atoms with Crippen molar-refractivity contribution in [2.24, 2.45) is 0 Å². The molecule has 1 heterocycles. The Morgan fingerprint density at radius 3 is 2.70 bits per heavy atom. The fourth-order valence-corrected chi connectivity index (χ4v) is 3.14. The van der Waals surface area contributed by atoms with E-state index in [-0.39, 0.29) is 5.91 Å². The molecule has 1 atom stereocenters. The summed E-state index contributed by atoms with van der Waals surface area (Å²) in [7, 11) is 1.76. The first-order valence-corrected chi connectivity index (χ1v) is 8.40. The summed E-state index contributed by atoms with van der Waals surface area (Å²) >= 11 is 3.38. The van der Waals surface area contributed by atoms with Crippen molar-refractivity contribution < 1.29 is 9.53 Å². The molecule has 1 aliphatic heterocycles. The number of halogens is 1. The second-order valence-corrected chi connectivity index (χ2v) is 6.52. The number of benzene rings is 2. The first-order chi connectivity index (χ1) is 11.2. The second kappa shape index (κ2) is 7.15.